The highest BCUT2D eigenvalue weighted by Crippen LogP contribution is 2.42. The van der Waals surface area contributed by atoms with E-state index in [1.807, 2.05) is 20.8 Å². The maximum atomic E-state index is 12.7. The van der Waals surface area contributed by atoms with Gasteiger partial charge in [0.05, 0.1) is 11.5 Å². The van der Waals surface area contributed by atoms with E-state index in [1.165, 1.54) is 11.3 Å². The largest absolute Gasteiger partial charge is 0.274 e. The zero-order valence-electron chi connectivity index (χ0n) is 12.7. The van der Waals surface area contributed by atoms with Crippen LogP contribution in [0.3, 0.4) is 0 Å². The average Bonchev–Trinajstić information content (AvgIpc) is 2.66. The van der Waals surface area contributed by atoms with Crippen molar-refractivity contribution < 1.29 is 9.59 Å². The fourth-order valence-electron chi connectivity index (χ4n) is 3.42. The van der Waals surface area contributed by atoms with Crippen LogP contribution in [0.4, 0.5) is 0 Å². The molecular weight excluding hydrogens is 252 g/mol. The lowest BCUT2D eigenvalue weighted by molar-refractivity contribution is -0.144. The third-order valence-corrected chi connectivity index (χ3v) is 5.28. The Kier molecular flexibility index (Phi) is 4.17. The molecule has 0 spiro atoms. The summed E-state index contributed by atoms with van der Waals surface area (Å²) in [6, 6.07) is 1.68. The van der Waals surface area contributed by atoms with Gasteiger partial charge in [-0.15, -0.1) is 0 Å². The van der Waals surface area contributed by atoms with Gasteiger partial charge in [-0.2, -0.15) is 5.26 Å². The molecule has 20 heavy (non-hydrogen) atoms. The lowest BCUT2D eigenvalue weighted by atomic mass is 9.77. The SMILES string of the molecule is CC(C)C1(C)CC(=O)N(C(C#N)C2CCCCC2)C1=O. The maximum Gasteiger partial charge on any atom is 0.237 e. The number of hydrogen-bond acceptors (Lipinski definition) is 3. The topological polar surface area (TPSA) is 61.2 Å². The molecule has 4 heteroatoms. The number of amides is 2. The molecule has 110 valence electrons. The molecule has 2 atom stereocenters. The Labute approximate surface area is 121 Å². The van der Waals surface area contributed by atoms with Gasteiger partial charge in [0, 0.05) is 6.42 Å². The van der Waals surface area contributed by atoms with Crippen molar-refractivity contribution >= 4 is 11.8 Å². The van der Waals surface area contributed by atoms with E-state index in [0.717, 1.165) is 25.7 Å². The molecule has 2 unspecified atom stereocenters. The van der Waals surface area contributed by atoms with Crippen LogP contribution in [0, 0.1) is 28.6 Å². The number of rotatable bonds is 3. The Morgan fingerprint density at radius 2 is 1.85 bits per heavy atom. The fraction of sp³-hybridized carbons (Fsp3) is 0.812. The summed E-state index contributed by atoms with van der Waals surface area (Å²) in [5.74, 6) is -0.0382. The van der Waals surface area contributed by atoms with Gasteiger partial charge in [0.15, 0.2) is 0 Å². The maximum absolute atomic E-state index is 12.7. The van der Waals surface area contributed by atoms with Crippen molar-refractivity contribution in [3.8, 4) is 6.07 Å². The lowest BCUT2D eigenvalue weighted by Crippen LogP contribution is -2.46. The third-order valence-electron chi connectivity index (χ3n) is 5.28. The highest BCUT2D eigenvalue weighted by Gasteiger charge is 2.53. The molecule has 2 rings (SSSR count). The van der Waals surface area contributed by atoms with E-state index >= 15 is 0 Å². The number of imide groups is 1. The molecule has 1 aliphatic heterocycles. The third kappa shape index (κ3) is 2.34. The second-order valence-corrected chi connectivity index (χ2v) is 6.79. The summed E-state index contributed by atoms with van der Waals surface area (Å²) in [7, 11) is 0. The standard InChI is InChI=1S/C16H24N2O2/c1-11(2)16(3)9-14(19)18(15(16)20)13(10-17)12-7-5-4-6-8-12/h11-13H,4-9H2,1-3H3. The Bertz CT molecular complexity index is 446. The van der Waals surface area contributed by atoms with E-state index in [0.29, 0.717) is 0 Å². The molecule has 1 saturated carbocycles. The smallest absolute Gasteiger partial charge is 0.237 e. The van der Waals surface area contributed by atoms with Gasteiger partial charge in [0.2, 0.25) is 11.8 Å². The van der Waals surface area contributed by atoms with Gasteiger partial charge in [-0.05, 0) is 31.6 Å². The quantitative estimate of drug-likeness (QED) is 0.745. The van der Waals surface area contributed by atoms with Crippen LogP contribution in [-0.4, -0.2) is 22.8 Å². The Morgan fingerprint density at radius 3 is 2.30 bits per heavy atom. The molecule has 0 aromatic heterocycles. The van der Waals surface area contributed by atoms with Crippen molar-refractivity contribution in [1.82, 2.24) is 4.90 Å². The number of carbonyl (C=O) groups is 2. The summed E-state index contributed by atoms with van der Waals surface area (Å²) in [6.45, 7) is 5.79. The van der Waals surface area contributed by atoms with Crippen molar-refractivity contribution in [1.29, 1.82) is 5.26 Å². The molecule has 2 fully saturated rings. The number of hydrogen-bond donors (Lipinski definition) is 0. The molecule has 0 aromatic rings. The first kappa shape index (κ1) is 15.0. The number of nitriles is 1. The van der Waals surface area contributed by atoms with Crippen LogP contribution in [0.15, 0.2) is 0 Å². The summed E-state index contributed by atoms with van der Waals surface area (Å²) < 4.78 is 0. The van der Waals surface area contributed by atoms with Crippen molar-refractivity contribution in [3.05, 3.63) is 0 Å². The first-order valence-corrected chi connectivity index (χ1v) is 7.68. The Hall–Kier alpha value is -1.37. The molecule has 4 nitrogen and oxygen atoms in total. The molecular formula is C16H24N2O2. The van der Waals surface area contributed by atoms with Crippen molar-refractivity contribution in [3.63, 3.8) is 0 Å². The van der Waals surface area contributed by atoms with Gasteiger partial charge < -0.3 is 0 Å². The molecule has 1 aliphatic carbocycles. The van der Waals surface area contributed by atoms with Gasteiger partial charge in [0.25, 0.3) is 0 Å². The van der Waals surface area contributed by atoms with Crippen LogP contribution in [-0.2, 0) is 9.59 Å². The van der Waals surface area contributed by atoms with E-state index in [4.69, 9.17) is 0 Å². The van der Waals surface area contributed by atoms with Gasteiger partial charge in [-0.1, -0.05) is 33.1 Å². The molecule has 0 radical (unpaired) electrons. The van der Waals surface area contributed by atoms with Crippen LogP contribution in [0.25, 0.3) is 0 Å². The van der Waals surface area contributed by atoms with Gasteiger partial charge in [0.1, 0.15) is 6.04 Å². The minimum Gasteiger partial charge on any atom is -0.274 e. The summed E-state index contributed by atoms with van der Waals surface area (Å²) in [6.07, 6.45) is 5.54. The zero-order chi connectivity index (χ0) is 14.9. The molecule has 1 saturated heterocycles. The van der Waals surface area contributed by atoms with Crippen LogP contribution in [0.5, 0.6) is 0 Å². The molecule has 0 aromatic carbocycles. The normalized spacial score (nSPS) is 29.9. The van der Waals surface area contributed by atoms with E-state index in [-0.39, 0.29) is 30.1 Å². The van der Waals surface area contributed by atoms with Gasteiger partial charge in [-0.3, -0.25) is 14.5 Å². The summed E-state index contributed by atoms with van der Waals surface area (Å²) in [4.78, 5) is 26.3. The first-order chi connectivity index (χ1) is 9.41. The van der Waals surface area contributed by atoms with Crippen molar-refractivity contribution in [2.24, 2.45) is 17.3 Å². The highest BCUT2D eigenvalue weighted by atomic mass is 16.2. The fourth-order valence-corrected chi connectivity index (χ4v) is 3.42. The first-order valence-electron chi connectivity index (χ1n) is 7.68. The molecule has 1 heterocycles. The zero-order valence-corrected chi connectivity index (χ0v) is 12.7. The number of nitrogens with zero attached hydrogens (tertiary/aromatic N) is 2. The van der Waals surface area contributed by atoms with Crippen molar-refractivity contribution in [2.45, 2.75) is 65.3 Å². The second-order valence-electron chi connectivity index (χ2n) is 6.79. The lowest BCUT2D eigenvalue weighted by Gasteiger charge is -2.33. The minimum atomic E-state index is -0.638. The summed E-state index contributed by atoms with van der Waals surface area (Å²) in [5.41, 5.74) is -0.638. The Morgan fingerprint density at radius 1 is 1.25 bits per heavy atom. The van der Waals surface area contributed by atoms with Gasteiger partial charge >= 0.3 is 0 Å². The van der Waals surface area contributed by atoms with Crippen molar-refractivity contribution in [2.75, 3.05) is 0 Å². The molecule has 0 N–H and O–H groups in total. The number of likely N-dealkylation sites (tertiary alicyclic amines) is 1. The minimum absolute atomic E-state index is 0.106. The molecule has 2 amide bonds. The second kappa shape index (κ2) is 5.55. The van der Waals surface area contributed by atoms with E-state index in [9.17, 15) is 14.9 Å². The van der Waals surface area contributed by atoms with Crippen LogP contribution in [0.2, 0.25) is 0 Å². The molecule has 2 aliphatic rings. The van der Waals surface area contributed by atoms with Gasteiger partial charge in [-0.25, -0.2) is 0 Å². The summed E-state index contributed by atoms with van der Waals surface area (Å²) in [5, 5.41) is 9.49. The van der Waals surface area contributed by atoms with Crippen LogP contribution >= 0.6 is 0 Å². The predicted octanol–water partition coefficient (Wildman–Crippen LogP) is 2.88. The average molecular weight is 276 g/mol. The highest BCUT2D eigenvalue weighted by molar-refractivity contribution is 6.06. The Balaban J connectivity index is 2.24. The monoisotopic (exact) mass is 276 g/mol. The predicted molar refractivity (Wildman–Crippen MR) is 75.4 cm³/mol. The van der Waals surface area contributed by atoms with Crippen LogP contribution in [0.1, 0.15) is 59.3 Å². The molecule has 0 bridgehead atoms. The van der Waals surface area contributed by atoms with E-state index in [1.54, 1.807) is 0 Å². The van der Waals surface area contributed by atoms with E-state index < -0.39 is 11.5 Å². The number of carbonyl (C=O) groups excluding carboxylic acids is 2. The summed E-state index contributed by atoms with van der Waals surface area (Å²) >= 11 is 0. The van der Waals surface area contributed by atoms with E-state index in [2.05, 4.69) is 6.07 Å². The van der Waals surface area contributed by atoms with Crippen LogP contribution < -0.4 is 0 Å².